The van der Waals surface area contributed by atoms with Crippen molar-refractivity contribution in [3.05, 3.63) is 11.7 Å². The molecule has 5 nitrogen and oxygen atoms in total. The van der Waals surface area contributed by atoms with Gasteiger partial charge in [0.25, 0.3) is 0 Å². The van der Waals surface area contributed by atoms with Gasteiger partial charge in [0.2, 0.25) is 5.89 Å². The van der Waals surface area contributed by atoms with E-state index in [1.165, 1.54) is 0 Å². The van der Waals surface area contributed by atoms with Crippen LogP contribution in [0, 0.1) is 0 Å². The molecule has 0 radical (unpaired) electrons. The molecule has 13 heavy (non-hydrogen) atoms. The van der Waals surface area contributed by atoms with Gasteiger partial charge >= 0.3 is 0 Å². The highest BCUT2D eigenvalue weighted by Crippen LogP contribution is 2.06. The Morgan fingerprint density at radius 2 is 2.38 bits per heavy atom. The van der Waals surface area contributed by atoms with Crippen LogP contribution in [0.1, 0.15) is 31.1 Å². The third-order valence-electron chi connectivity index (χ3n) is 1.63. The number of hydrogen-bond acceptors (Lipinski definition) is 5. The SMILES string of the molecule is COCCCc1nc(C(C)N)no1. The quantitative estimate of drug-likeness (QED) is 0.682. The summed E-state index contributed by atoms with van der Waals surface area (Å²) in [5, 5.41) is 3.74. The predicted molar refractivity (Wildman–Crippen MR) is 47.1 cm³/mol. The molecule has 0 fully saturated rings. The van der Waals surface area contributed by atoms with E-state index < -0.39 is 0 Å². The van der Waals surface area contributed by atoms with Crippen molar-refractivity contribution in [2.45, 2.75) is 25.8 Å². The largest absolute Gasteiger partial charge is 0.385 e. The van der Waals surface area contributed by atoms with Crippen molar-refractivity contribution in [2.24, 2.45) is 5.73 Å². The minimum atomic E-state index is -0.167. The zero-order valence-electron chi connectivity index (χ0n) is 7.99. The van der Waals surface area contributed by atoms with Crippen LogP contribution in [-0.4, -0.2) is 23.9 Å². The van der Waals surface area contributed by atoms with Gasteiger partial charge in [0.1, 0.15) is 0 Å². The average Bonchev–Trinajstić information content (AvgIpc) is 2.53. The first-order valence-corrected chi connectivity index (χ1v) is 4.31. The maximum atomic E-state index is 5.57. The molecule has 0 amide bonds. The van der Waals surface area contributed by atoms with Crippen LogP contribution in [-0.2, 0) is 11.2 Å². The van der Waals surface area contributed by atoms with Crippen LogP contribution >= 0.6 is 0 Å². The van der Waals surface area contributed by atoms with E-state index in [4.69, 9.17) is 15.0 Å². The summed E-state index contributed by atoms with van der Waals surface area (Å²) < 4.78 is 9.88. The maximum absolute atomic E-state index is 5.57. The number of hydrogen-bond donors (Lipinski definition) is 1. The lowest BCUT2D eigenvalue weighted by molar-refractivity contribution is 0.192. The van der Waals surface area contributed by atoms with E-state index in [2.05, 4.69) is 10.1 Å². The van der Waals surface area contributed by atoms with Crippen molar-refractivity contribution in [2.75, 3.05) is 13.7 Å². The van der Waals surface area contributed by atoms with E-state index in [1.54, 1.807) is 7.11 Å². The molecule has 0 aromatic carbocycles. The van der Waals surface area contributed by atoms with Crippen LogP contribution < -0.4 is 5.73 Å². The maximum Gasteiger partial charge on any atom is 0.226 e. The zero-order valence-corrected chi connectivity index (χ0v) is 7.99. The van der Waals surface area contributed by atoms with Gasteiger partial charge in [-0.2, -0.15) is 4.98 Å². The van der Waals surface area contributed by atoms with Crippen LogP contribution in [0.4, 0.5) is 0 Å². The normalized spacial score (nSPS) is 13.2. The molecule has 1 rings (SSSR count). The lowest BCUT2D eigenvalue weighted by Gasteiger charge is -1.94. The number of nitrogens with two attached hydrogens (primary N) is 1. The van der Waals surface area contributed by atoms with Crippen LogP contribution in [0.3, 0.4) is 0 Å². The lowest BCUT2D eigenvalue weighted by atomic mass is 10.3. The first-order valence-electron chi connectivity index (χ1n) is 4.31. The van der Waals surface area contributed by atoms with Gasteiger partial charge < -0.3 is 15.0 Å². The molecule has 1 aromatic rings. The van der Waals surface area contributed by atoms with Crippen molar-refractivity contribution in [1.82, 2.24) is 10.1 Å². The summed E-state index contributed by atoms with van der Waals surface area (Å²) in [5.41, 5.74) is 5.57. The smallest absolute Gasteiger partial charge is 0.226 e. The molecule has 0 aliphatic carbocycles. The number of methoxy groups -OCH3 is 1. The Hall–Kier alpha value is -0.940. The summed E-state index contributed by atoms with van der Waals surface area (Å²) in [7, 11) is 1.67. The van der Waals surface area contributed by atoms with Crippen LogP contribution in [0.5, 0.6) is 0 Å². The molecule has 0 aliphatic rings. The molecule has 0 saturated carbocycles. The first kappa shape index (κ1) is 10.1. The van der Waals surface area contributed by atoms with Crippen LogP contribution in [0.25, 0.3) is 0 Å². The molecule has 1 unspecified atom stereocenters. The second kappa shape index (κ2) is 4.94. The zero-order chi connectivity index (χ0) is 9.68. The fourth-order valence-corrected chi connectivity index (χ4v) is 0.922. The molecule has 2 N–H and O–H groups in total. The minimum absolute atomic E-state index is 0.167. The number of nitrogens with zero attached hydrogens (tertiary/aromatic N) is 2. The number of aryl methyl sites for hydroxylation is 1. The molecule has 0 aliphatic heterocycles. The molecule has 1 atom stereocenters. The van der Waals surface area contributed by atoms with Gasteiger partial charge in [0.05, 0.1) is 6.04 Å². The van der Waals surface area contributed by atoms with Crippen molar-refractivity contribution < 1.29 is 9.26 Å². The van der Waals surface area contributed by atoms with E-state index in [1.807, 2.05) is 6.92 Å². The van der Waals surface area contributed by atoms with Crippen molar-refractivity contribution in [3.8, 4) is 0 Å². The van der Waals surface area contributed by atoms with Crippen molar-refractivity contribution in [1.29, 1.82) is 0 Å². The highest BCUT2D eigenvalue weighted by Gasteiger charge is 2.08. The summed E-state index contributed by atoms with van der Waals surface area (Å²) in [5.74, 6) is 1.19. The van der Waals surface area contributed by atoms with Crippen molar-refractivity contribution in [3.63, 3.8) is 0 Å². The molecule has 0 saturated heterocycles. The van der Waals surface area contributed by atoms with Crippen LogP contribution in [0.15, 0.2) is 4.52 Å². The van der Waals surface area contributed by atoms with Gasteiger partial charge in [-0.15, -0.1) is 0 Å². The molecule has 0 bridgehead atoms. The van der Waals surface area contributed by atoms with E-state index in [0.29, 0.717) is 18.3 Å². The van der Waals surface area contributed by atoms with E-state index in [-0.39, 0.29) is 6.04 Å². The van der Waals surface area contributed by atoms with Gasteiger partial charge in [-0.1, -0.05) is 5.16 Å². The van der Waals surface area contributed by atoms with Gasteiger partial charge in [-0.25, -0.2) is 0 Å². The molecule has 1 heterocycles. The molecular formula is C8H15N3O2. The standard InChI is InChI=1S/C8H15N3O2/c1-6(9)8-10-7(13-11-8)4-3-5-12-2/h6H,3-5,9H2,1-2H3. The first-order chi connectivity index (χ1) is 6.24. The lowest BCUT2D eigenvalue weighted by Crippen LogP contribution is -2.06. The molecule has 1 aromatic heterocycles. The van der Waals surface area contributed by atoms with Gasteiger partial charge in [0.15, 0.2) is 5.82 Å². The fourth-order valence-electron chi connectivity index (χ4n) is 0.922. The molecule has 74 valence electrons. The Morgan fingerprint density at radius 1 is 1.62 bits per heavy atom. The summed E-state index contributed by atoms with van der Waals surface area (Å²) >= 11 is 0. The molecule has 0 spiro atoms. The summed E-state index contributed by atoms with van der Waals surface area (Å²) in [4.78, 5) is 4.12. The second-order valence-corrected chi connectivity index (χ2v) is 2.93. The highest BCUT2D eigenvalue weighted by atomic mass is 16.5. The summed E-state index contributed by atoms with van der Waals surface area (Å²) in [6.07, 6.45) is 1.63. The number of rotatable bonds is 5. The molecular weight excluding hydrogens is 170 g/mol. The Bertz CT molecular complexity index is 247. The Morgan fingerprint density at radius 3 is 2.92 bits per heavy atom. The topological polar surface area (TPSA) is 74.2 Å². The van der Waals surface area contributed by atoms with E-state index in [0.717, 1.165) is 12.8 Å². The minimum Gasteiger partial charge on any atom is -0.385 e. The van der Waals surface area contributed by atoms with E-state index in [9.17, 15) is 0 Å². The van der Waals surface area contributed by atoms with Gasteiger partial charge in [0, 0.05) is 20.1 Å². The van der Waals surface area contributed by atoms with Crippen LogP contribution in [0.2, 0.25) is 0 Å². The monoisotopic (exact) mass is 185 g/mol. The Labute approximate surface area is 77.3 Å². The van der Waals surface area contributed by atoms with Gasteiger partial charge in [-0.3, -0.25) is 0 Å². The second-order valence-electron chi connectivity index (χ2n) is 2.93. The third kappa shape index (κ3) is 3.12. The van der Waals surface area contributed by atoms with E-state index >= 15 is 0 Å². The number of ether oxygens (including phenoxy) is 1. The summed E-state index contributed by atoms with van der Waals surface area (Å²) in [6.45, 7) is 2.53. The van der Waals surface area contributed by atoms with Gasteiger partial charge in [-0.05, 0) is 13.3 Å². The average molecular weight is 185 g/mol. The Balaban J connectivity index is 2.40. The number of aromatic nitrogens is 2. The molecule has 5 heteroatoms. The highest BCUT2D eigenvalue weighted by molar-refractivity contribution is 4.90. The predicted octanol–water partition coefficient (Wildman–Crippen LogP) is 0.668. The third-order valence-corrected chi connectivity index (χ3v) is 1.63. The Kier molecular flexibility index (Phi) is 3.85. The fraction of sp³-hybridized carbons (Fsp3) is 0.750. The van der Waals surface area contributed by atoms with Crippen molar-refractivity contribution >= 4 is 0 Å². The summed E-state index contributed by atoms with van der Waals surface area (Å²) in [6, 6.07) is -0.167.